The summed E-state index contributed by atoms with van der Waals surface area (Å²) in [4.78, 5) is 40.0. The van der Waals surface area contributed by atoms with Crippen LogP contribution in [0.1, 0.15) is 29.8 Å². The number of benzene rings is 1. The molecule has 1 aromatic rings. The van der Waals surface area contributed by atoms with Crippen molar-refractivity contribution in [1.82, 2.24) is 20.4 Å². The molecule has 186 valence electrons. The van der Waals surface area contributed by atoms with Gasteiger partial charge in [-0.2, -0.15) is 5.26 Å². The second-order valence-corrected chi connectivity index (χ2v) is 9.30. The Morgan fingerprint density at radius 2 is 2.03 bits per heavy atom. The van der Waals surface area contributed by atoms with Crippen molar-refractivity contribution in [3.63, 3.8) is 0 Å². The molecular formula is C27H31N7O2. The van der Waals surface area contributed by atoms with Gasteiger partial charge in [0.05, 0.1) is 31.3 Å². The number of amides is 2. The van der Waals surface area contributed by atoms with E-state index in [1.807, 2.05) is 32.1 Å². The molecule has 9 nitrogen and oxygen atoms in total. The van der Waals surface area contributed by atoms with Crippen LogP contribution in [0.5, 0.6) is 0 Å². The van der Waals surface area contributed by atoms with E-state index in [9.17, 15) is 9.59 Å². The number of rotatable bonds is 4. The molecule has 0 radical (unpaired) electrons. The summed E-state index contributed by atoms with van der Waals surface area (Å²) in [6.45, 7) is 10.1. The van der Waals surface area contributed by atoms with Gasteiger partial charge in [0, 0.05) is 24.2 Å². The van der Waals surface area contributed by atoms with E-state index in [4.69, 9.17) is 15.2 Å². The van der Waals surface area contributed by atoms with E-state index in [2.05, 4.69) is 28.2 Å². The number of aliphatic imine (C=N–C) groups is 2. The van der Waals surface area contributed by atoms with Gasteiger partial charge in [-0.05, 0) is 30.2 Å². The van der Waals surface area contributed by atoms with E-state index in [0.717, 1.165) is 11.4 Å². The van der Waals surface area contributed by atoms with Crippen LogP contribution in [0.25, 0.3) is 0 Å². The van der Waals surface area contributed by atoms with Gasteiger partial charge >= 0.3 is 0 Å². The fraction of sp³-hybridized carbons (Fsp3) is 0.370. The fourth-order valence-corrected chi connectivity index (χ4v) is 4.39. The first kappa shape index (κ1) is 25.1. The third-order valence-electron chi connectivity index (χ3n) is 6.42. The third-order valence-corrected chi connectivity index (χ3v) is 6.42. The molecule has 3 aliphatic rings. The van der Waals surface area contributed by atoms with E-state index in [-0.39, 0.29) is 23.9 Å². The lowest BCUT2D eigenvalue weighted by atomic mass is 10.0. The van der Waals surface area contributed by atoms with E-state index >= 15 is 0 Å². The zero-order valence-corrected chi connectivity index (χ0v) is 20.6. The molecule has 0 aliphatic carbocycles. The van der Waals surface area contributed by atoms with Crippen molar-refractivity contribution in [2.75, 3.05) is 32.7 Å². The number of carbonyl (C=O) groups excluding carboxylic acids is 2. The highest BCUT2D eigenvalue weighted by Gasteiger charge is 2.35. The van der Waals surface area contributed by atoms with Gasteiger partial charge in [0.25, 0.3) is 5.91 Å². The quantitative estimate of drug-likeness (QED) is 0.632. The van der Waals surface area contributed by atoms with Crippen molar-refractivity contribution in [1.29, 1.82) is 5.26 Å². The summed E-state index contributed by atoms with van der Waals surface area (Å²) < 4.78 is 0. The molecule has 1 saturated heterocycles. The highest BCUT2D eigenvalue weighted by molar-refractivity contribution is 6.13. The summed E-state index contributed by atoms with van der Waals surface area (Å²) >= 11 is 0. The van der Waals surface area contributed by atoms with Crippen LogP contribution in [0.15, 0.2) is 70.7 Å². The molecule has 2 atom stereocenters. The van der Waals surface area contributed by atoms with Crippen LogP contribution in [-0.4, -0.2) is 78.2 Å². The largest absolute Gasteiger partial charge is 0.337 e. The van der Waals surface area contributed by atoms with Crippen molar-refractivity contribution in [3.05, 3.63) is 71.8 Å². The molecule has 2 amide bonds. The third kappa shape index (κ3) is 5.61. The van der Waals surface area contributed by atoms with Crippen molar-refractivity contribution in [3.8, 4) is 6.07 Å². The Kier molecular flexibility index (Phi) is 7.76. The summed E-state index contributed by atoms with van der Waals surface area (Å²) in [5.74, 6) is 1.12. The van der Waals surface area contributed by atoms with Crippen LogP contribution < -0.4 is 10.6 Å². The number of nitrogens with zero attached hydrogens (tertiary/aromatic N) is 5. The Labute approximate surface area is 211 Å². The van der Waals surface area contributed by atoms with Crippen molar-refractivity contribution >= 4 is 23.5 Å². The van der Waals surface area contributed by atoms with Gasteiger partial charge in [0.15, 0.2) is 0 Å². The lowest BCUT2D eigenvalue weighted by Crippen LogP contribution is -2.64. The average molecular weight is 486 g/mol. The van der Waals surface area contributed by atoms with E-state index in [1.54, 1.807) is 35.2 Å². The molecule has 3 heterocycles. The Morgan fingerprint density at radius 3 is 2.72 bits per heavy atom. The first-order valence-electron chi connectivity index (χ1n) is 12.1. The summed E-state index contributed by atoms with van der Waals surface area (Å²) in [5.41, 5.74) is 1.93. The average Bonchev–Trinajstić information content (AvgIpc) is 2.88. The number of allylic oxidation sites excluding steroid dienone is 4. The summed E-state index contributed by atoms with van der Waals surface area (Å²) in [6, 6.07) is 8.09. The van der Waals surface area contributed by atoms with E-state index < -0.39 is 6.04 Å². The minimum absolute atomic E-state index is 0.0283. The first-order chi connectivity index (χ1) is 17.4. The second-order valence-electron chi connectivity index (χ2n) is 9.30. The van der Waals surface area contributed by atoms with Gasteiger partial charge in [-0.25, -0.2) is 0 Å². The van der Waals surface area contributed by atoms with E-state index in [0.29, 0.717) is 49.7 Å². The smallest absolute Gasteiger partial charge is 0.254 e. The monoisotopic (exact) mass is 485 g/mol. The Bertz CT molecular complexity index is 1190. The van der Waals surface area contributed by atoms with Crippen molar-refractivity contribution < 1.29 is 9.59 Å². The van der Waals surface area contributed by atoms with Crippen molar-refractivity contribution in [2.24, 2.45) is 15.9 Å². The maximum atomic E-state index is 13.4. The zero-order chi connectivity index (χ0) is 25.7. The normalized spacial score (nSPS) is 23.8. The van der Waals surface area contributed by atoms with Crippen LogP contribution in [0.3, 0.4) is 0 Å². The van der Waals surface area contributed by atoms with E-state index in [1.165, 1.54) is 0 Å². The number of piperazine rings is 1. The number of nitriles is 1. The molecule has 1 fully saturated rings. The lowest BCUT2D eigenvalue weighted by molar-refractivity contribution is -0.125. The Morgan fingerprint density at radius 1 is 1.25 bits per heavy atom. The number of nitrogens with one attached hydrogen (secondary N) is 2. The molecule has 2 unspecified atom stereocenters. The maximum absolute atomic E-state index is 13.4. The van der Waals surface area contributed by atoms with Gasteiger partial charge in [-0.3, -0.25) is 24.5 Å². The number of fused-ring (bicyclic) bond motifs is 3. The Hall–Kier alpha value is -4.03. The van der Waals surface area contributed by atoms with Crippen molar-refractivity contribution in [2.45, 2.75) is 26.1 Å². The molecule has 9 heteroatoms. The summed E-state index contributed by atoms with van der Waals surface area (Å²) in [7, 11) is 0. The topological polar surface area (TPSA) is 113 Å². The Balaban J connectivity index is 1.59. The highest BCUT2D eigenvalue weighted by atomic mass is 16.2. The maximum Gasteiger partial charge on any atom is 0.254 e. The van der Waals surface area contributed by atoms with Gasteiger partial charge < -0.3 is 15.5 Å². The molecule has 4 rings (SSSR count). The number of carbonyl (C=O) groups is 2. The van der Waals surface area contributed by atoms with Crippen LogP contribution in [0.4, 0.5) is 0 Å². The molecule has 2 N–H and O–H groups in total. The fourth-order valence-electron chi connectivity index (χ4n) is 4.39. The number of hydrogen-bond acceptors (Lipinski definition) is 7. The van der Waals surface area contributed by atoms with Crippen LogP contribution >= 0.6 is 0 Å². The van der Waals surface area contributed by atoms with Gasteiger partial charge in [-0.15, -0.1) is 0 Å². The molecule has 0 saturated carbocycles. The molecule has 1 aromatic carbocycles. The van der Waals surface area contributed by atoms with Gasteiger partial charge in [-0.1, -0.05) is 44.7 Å². The number of hydrogen-bond donors (Lipinski definition) is 2. The molecule has 2 bridgehead atoms. The molecule has 36 heavy (non-hydrogen) atoms. The standard InChI is InChI=1S/C27H31N7O2/c1-4-5-6-7-21-15-29-22-16-33-12-13-34(27(36)20-10-8-19(14-28)9-11-20)17-23(33)31-26(35)24(18(2)3)32-25(21)30-22/h4-11,18,23-24H,1,12-13,15-17H2,2-3H3,(H,31,35)(H,29,30,32)/b6-5-,21-7+. The second kappa shape index (κ2) is 11.1. The highest BCUT2D eigenvalue weighted by Crippen LogP contribution is 2.18. The zero-order valence-electron chi connectivity index (χ0n) is 20.6. The predicted molar refractivity (Wildman–Crippen MR) is 139 cm³/mol. The van der Waals surface area contributed by atoms with Crippen LogP contribution in [0, 0.1) is 17.2 Å². The molecule has 0 spiro atoms. The first-order valence-corrected chi connectivity index (χ1v) is 12.1. The SMILES string of the molecule is C=C/C=C\C=C1/CN=C2CN3CCN(C(=O)c4ccc(C#N)cc4)CC3NC(=O)C(C(C)C)N=C1N2. The van der Waals surface area contributed by atoms with Gasteiger partial charge in [0.1, 0.15) is 23.9 Å². The van der Waals surface area contributed by atoms with Crippen LogP contribution in [0.2, 0.25) is 0 Å². The molecule has 0 aromatic heterocycles. The number of amidine groups is 2. The minimum atomic E-state index is -0.594. The predicted octanol–water partition coefficient (Wildman–Crippen LogP) is 1.87. The molecule has 3 aliphatic heterocycles. The molecular weight excluding hydrogens is 454 g/mol. The summed E-state index contributed by atoms with van der Waals surface area (Å²) in [6.07, 6.45) is 6.99. The summed E-state index contributed by atoms with van der Waals surface area (Å²) in [5, 5.41) is 15.5. The van der Waals surface area contributed by atoms with Gasteiger partial charge in [0.2, 0.25) is 5.91 Å². The minimum Gasteiger partial charge on any atom is -0.337 e. The van der Waals surface area contributed by atoms with Crippen LogP contribution in [-0.2, 0) is 4.79 Å². The lowest BCUT2D eigenvalue weighted by Gasteiger charge is -2.43.